The maximum Gasteiger partial charge on any atom is 0.416 e. The molecule has 0 aliphatic carbocycles. The van der Waals surface area contributed by atoms with Crippen LogP contribution in [0.2, 0.25) is 0 Å². The molecule has 3 heterocycles. The van der Waals surface area contributed by atoms with Gasteiger partial charge in [0.25, 0.3) is 0 Å². The number of nitrogens with zero attached hydrogens (tertiary/aromatic N) is 4. The molecule has 0 N–H and O–H groups in total. The number of morpholine rings is 1. The molecule has 1 aliphatic rings. The first-order valence-corrected chi connectivity index (χ1v) is 10.8. The zero-order valence-corrected chi connectivity index (χ0v) is 18.5. The molecule has 176 valence electrons. The summed E-state index contributed by atoms with van der Waals surface area (Å²) in [6.45, 7) is 5.95. The van der Waals surface area contributed by atoms with Crippen LogP contribution >= 0.6 is 0 Å². The number of anilines is 1. The fourth-order valence-corrected chi connectivity index (χ4v) is 4.01. The van der Waals surface area contributed by atoms with Crippen molar-refractivity contribution < 1.29 is 27.4 Å². The van der Waals surface area contributed by atoms with E-state index >= 15 is 0 Å². The summed E-state index contributed by atoms with van der Waals surface area (Å²) >= 11 is 0. The van der Waals surface area contributed by atoms with Gasteiger partial charge in [-0.2, -0.15) is 13.2 Å². The minimum Gasteiger partial charge on any atom is -0.466 e. The van der Waals surface area contributed by atoms with Crippen molar-refractivity contribution in [3.05, 3.63) is 58.4 Å². The van der Waals surface area contributed by atoms with Crippen LogP contribution < -0.4 is 4.90 Å². The smallest absolute Gasteiger partial charge is 0.416 e. The Morgan fingerprint density at radius 3 is 2.64 bits per heavy atom. The molecule has 3 aromatic rings. The van der Waals surface area contributed by atoms with Crippen molar-refractivity contribution in [2.75, 3.05) is 37.8 Å². The molecule has 0 saturated carbocycles. The van der Waals surface area contributed by atoms with Gasteiger partial charge < -0.3 is 14.4 Å². The van der Waals surface area contributed by atoms with Gasteiger partial charge >= 0.3 is 12.1 Å². The van der Waals surface area contributed by atoms with Gasteiger partial charge in [0, 0.05) is 19.5 Å². The number of carbonyl (C=O) groups excluding carboxylic acids is 1. The topological polar surface area (TPSA) is 69.0 Å². The molecule has 10 heteroatoms. The number of carbonyl (C=O) groups is 1. The third kappa shape index (κ3) is 4.95. The number of rotatable bonds is 6. The predicted octanol–water partition coefficient (Wildman–Crippen LogP) is 3.59. The van der Waals surface area contributed by atoms with Gasteiger partial charge in [0.2, 0.25) is 0 Å². The number of ether oxygens (including phenoxy) is 2. The first kappa shape index (κ1) is 23.0. The van der Waals surface area contributed by atoms with Gasteiger partial charge in [0.05, 0.1) is 43.2 Å². The van der Waals surface area contributed by atoms with Gasteiger partial charge in [-0.3, -0.25) is 4.79 Å². The largest absolute Gasteiger partial charge is 0.466 e. The van der Waals surface area contributed by atoms with E-state index < -0.39 is 17.7 Å². The van der Waals surface area contributed by atoms with Gasteiger partial charge in [0.1, 0.15) is 5.82 Å². The summed E-state index contributed by atoms with van der Waals surface area (Å²) in [5.74, 6) is 0.268. The van der Waals surface area contributed by atoms with Crippen molar-refractivity contribution in [1.82, 2.24) is 14.6 Å². The van der Waals surface area contributed by atoms with Crippen LogP contribution in [0.5, 0.6) is 0 Å². The molecule has 0 radical (unpaired) electrons. The van der Waals surface area contributed by atoms with Crippen molar-refractivity contribution in [1.29, 1.82) is 0 Å². The van der Waals surface area contributed by atoms with E-state index in [2.05, 4.69) is 9.88 Å². The summed E-state index contributed by atoms with van der Waals surface area (Å²) in [5.41, 5.74) is 1.49. The number of imidazole rings is 1. The van der Waals surface area contributed by atoms with Crippen LogP contribution in [-0.2, 0) is 33.3 Å². The molecule has 0 unspecified atom stereocenters. The molecule has 7 nitrogen and oxygen atoms in total. The van der Waals surface area contributed by atoms with E-state index in [0.29, 0.717) is 54.7 Å². The second kappa shape index (κ2) is 9.38. The Bertz CT molecular complexity index is 1150. The number of benzene rings is 1. The molecule has 1 fully saturated rings. The van der Waals surface area contributed by atoms with Crippen molar-refractivity contribution in [2.45, 2.75) is 32.9 Å². The standard InChI is InChI=1S/C23H25F3N4O3/c1-3-33-22(31)14-18-19(13-16-5-4-6-17(15(16)2)23(24,25)26)30-20(27-18)7-8-21(28-30)29-9-11-32-12-10-29/h4-8H,3,9-14H2,1-2H3. The Hall–Kier alpha value is -3.14. The fourth-order valence-electron chi connectivity index (χ4n) is 4.01. The summed E-state index contributed by atoms with van der Waals surface area (Å²) < 4.78 is 52.4. The summed E-state index contributed by atoms with van der Waals surface area (Å²) in [6.07, 6.45) is -4.39. The average molecular weight is 462 g/mol. The molecule has 33 heavy (non-hydrogen) atoms. The normalized spacial score (nSPS) is 14.6. The molecule has 4 rings (SSSR count). The maximum atomic E-state index is 13.4. The van der Waals surface area contributed by atoms with Gasteiger partial charge in [-0.25, -0.2) is 9.50 Å². The molecule has 1 aliphatic heterocycles. The van der Waals surface area contributed by atoms with E-state index in [0.717, 1.165) is 6.07 Å². The Labute approximate surface area is 189 Å². The van der Waals surface area contributed by atoms with Crippen LogP contribution in [0, 0.1) is 6.92 Å². The quantitative estimate of drug-likeness (QED) is 0.522. The first-order valence-electron chi connectivity index (χ1n) is 10.8. The lowest BCUT2D eigenvalue weighted by Gasteiger charge is -2.27. The van der Waals surface area contributed by atoms with E-state index in [1.165, 1.54) is 13.0 Å². The van der Waals surface area contributed by atoms with Crippen molar-refractivity contribution in [3.8, 4) is 0 Å². The van der Waals surface area contributed by atoms with Gasteiger partial charge in [-0.1, -0.05) is 12.1 Å². The van der Waals surface area contributed by atoms with Crippen molar-refractivity contribution >= 4 is 17.4 Å². The van der Waals surface area contributed by atoms with E-state index in [1.54, 1.807) is 23.6 Å². The predicted molar refractivity (Wildman–Crippen MR) is 115 cm³/mol. The monoisotopic (exact) mass is 462 g/mol. The zero-order valence-electron chi connectivity index (χ0n) is 18.5. The highest BCUT2D eigenvalue weighted by atomic mass is 19.4. The zero-order chi connectivity index (χ0) is 23.6. The second-order valence-electron chi connectivity index (χ2n) is 7.81. The molecule has 1 aromatic carbocycles. The Kier molecular flexibility index (Phi) is 6.55. The SMILES string of the molecule is CCOC(=O)Cc1nc2ccc(N3CCOCC3)nn2c1Cc1cccc(C(F)(F)F)c1C. The number of esters is 1. The molecule has 0 amide bonds. The number of fused-ring (bicyclic) bond motifs is 1. The molecule has 0 bridgehead atoms. The second-order valence-corrected chi connectivity index (χ2v) is 7.81. The highest BCUT2D eigenvalue weighted by Crippen LogP contribution is 2.34. The molecule has 0 spiro atoms. The van der Waals surface area contributed by atoms with Crippen molar-refractivity contribution in [3.63, 3.8) is 0 Å². The lowest BCUT2D eigenvalue weighted by atomic mass is 9.97. The fraction of sp³-hybridized carbons (Fsp3) is 0.435. The van der Waals surface area contributed by atoms with Crippen LogP contribution in [0.15, 0.2) is 30.3 Å². The average Bonchev–Trinajstić information content (AvgIpc) is 3.11. The Morgan fingerprint density at radius 2 is 1.94 bits per heavy atom. The maximum absolute atomic E-state index is 13.4. The number of halogens is 3. The summed E-state index contributed by atoms with van der Waals surface area (Å²) in [7, 11) is 0. The molecule has 1 saturated heterocycles. The van der Waals surface area contributed by atoms with E-state index in [4.69, 9.17) is 14.6 Å². The summed E-state index contributed by atoms with van der Waals surface area (Å²) in [4.78, 5) is 18.8. The molecule has 2 aromatic heterocycles. The number of alkyl halides is 3. The Morgan fingerprint density at radius 1 is 1.18 bits per heavy atom. The van der Waals surface area contributed by atoms with Gasteiger partial charge in [-0.05, 0) is 43.2 Å². The van der Waals surface area contributed by atoms with E-state index in [9.17, 15) is 18.0 Å². The minimum absolute atomic E-state index is 0.0859. The van der Waals surface area contributed by atoms with Gasteiger partial charge in [-0.15, -0.1) is 5.10 Å². The first-order chi connectivity index (χ1) is 15.8. The van der Waals surface area contributed by atoms with Crippen LogP contribution in [0.4, 0.5) is 19.0 Å². The number of hydrogen-bond acceptors (Lipinski definition) is 6. The summed E-state index contributed by atoms with van der Waals surface area (Å²) in [6, 6.07) is 7.77. The lowest BCUT2D eigenvalue weighted by Crippen LogP contribution is -2.37. The third-order valence-electron chi connectivity index (χ3n) is 5.70. The highest BCUT2D eigenvalue weighted by Gasteiger charge is 2.33. The van der Waals surface area contributed by atoms with Gasteiger partial charge in [0.15, 0.2) is 5.65 Å². The third-order valence-corrected chi connectivity index (χ3v) is 5.70. The van der Waals surface area contributed by atoms with Crippen LogP contribution in [-0.4, -0.2) is 53.5 Å². The number of aromatic nitrogens is 3. The highest BCUT2D eigenvalue weighted by molar-refractivity contribution is 5.73. The van der Waals surface area contributed by atoms with Crippen LogP contribution in [0.3, 0.4) is 0 Å². The van der Waals surface area contributed by atoms with E-state index in [1.807, 2.05) is 6.07 Å². The number of hydrogen-bond donors (Lipinski definition) is 0. The minimum atomic E-state index is -4.45. The molecular formula is C23H25F3N4O3. The van der Waals surface area contributed by atoms with E-state index in [-0.39, 0.29) is 25.0 Å². The molecule has 0 atom stereocenters. The lowest BCUT2D eigenvalue weighted by molar-refractivity contribution is -0.142. The van der Waals surface area contributed by atoms with Crippen LogP contribution in [0.1, 0.15) is 35.0 Å². The molecular weight excluding hydrogens is 437 g/mol. The Balaban J connectivity index is 1.79. The van der Waals surface area contributed by atoms with Crippen molar-refractivity contribution in [2.24, 2.45) is 0 Å². The summed E-state index contributed by atoms with van der Waals surface area (Å²) in [5, 5.41) is 4.72. The van der Waals surface area contributed by atoms with Crippen LogP contribution in [0.25, 0.3) is 5.65 Å².